The summed E-state index contributed by atoms with van der Waals surface area (Å²) in [6.45, 7) is 4.17. The van der Waals surface area contributed by atoms with Gasteiger partial charge in [-0.3, -0.25) is 4.90 Å². The summed E-state index contributed by atoms with van der Waals surface area (Å²) in [5.74, 6) is 3.14. The molecule has 1 aliphatic carbocycles. The Morgan fingerprint density at radius 2 is 1.61 bits per heavy atom. The van der Waals surface area contributed by atoms with Crippen LogP contribution in [0.2, 0.25) is 0 Å². The number of nitrogens with zero attached hydrogens (tertiary/aromatic N) is 3. The van der Waals surface area contributed by atoms with Crippen LogP contribution in [0.25, 0.3) is 0 Å². The van der Waals surface area contributed by atoms with Crippen molar-refractivity contribution < 1.29 is 9.47 Å². The van der Waals surface area contributed by atoms with Crippen LogP contribution in [-0.4, -0.2) is 17.0 Å². The van der Waals surface area contributed by atoms with E-state index >= 15 is 0 Å². The summed E-state index contributed by atoms with van der Waals surface area (Å²) >= 11 is 1.75. The summed E-state index contributed by atoms with van der Waals surface area (Å²) in [6, 6.07) is 33.7. The lowest BCUT2D eigenvalue weighted by Gasteiger charge is -2.32. The van der Waals surface area contributed by atoms with Crippen LogP contribution in [0.15, 0.2) is 118 Å². The summed E-state index contributed by atoms with van der Waals surface area (Å²) in [5, 5.41) is 0. The van der Waals surface area contributed by atoms with Gasteiger partial charge in [0, 0.05) is 29.1 Å². The van der Waals surface area contributed by atoms with Crippen molar-refractivity contribution in [2.75, 3.05) is 4.90 Å². The highest BCUT2D eigenvalue weighted by atomic mass is 32.2. The fourth-order valence-corrected chi connectivity index (χ4v) is 7.10. The average Bonchev–Trinajstić information content (AvgIpc) is 3.54. The van der Waals surface area contributed by atoms with E-state index in [9.17, 15) is 0 Å². The van der Waals surface area contributed by atoms with Gasteiger partial charge in [-0.2, -0.15) is 0 Å². The van der Waals surface area contributed by atoms with E-state index < -0.39 is 0 Å². The van der Waals surface area contributed by atoms with Gasteiger partial charge in [-0.25, -0.2) is 9.98 Å². The van der Waals surface area contributed by atoms with Crippen molar-refractivity contribution in [3.8, 4) is 11.5 Å². The molecule has 0 amide bonds. The molecule has 4 aromatic carbocycles. The van der Waals surface area contributed by atoms with Gasteiger partial charge in [-0.15, -0.1) is 0 Å². The van der Waals surface area contributed by atoms with Crippen molar-refractivity contribution in [3.05, 3.63) is 131 Å². The molecule has 5 aromatic rings. The van der Waals surface area contributed by atoms with E-state index in [1.807, 2.05) is 18.3 Å². The molecule has 1 aromatic heterocycles. The van der Waals surface area contributed by atoms with Crippen LogP contribution in [0.3, 0.4) is 0 Å². The molecule has 2 aliphatic heterocycles. The Morgan fingerprint density at radius 3 is 2.54 bits per heavy atom. The number of aliphatic imine (C=N–C) groups is 1. The van der Waals surface area contributed by atoms with E-state index in [2.05, 4.69) is 104 Å². The van der Waals surface area contributed by atoms with Crippen LogP contribution >= 0.6 is 11.8 Å². The van der Waals surface area contributed by atoms with Crippen molar-refractivity contribution >= 4 is 34.9 Å². The zero-order valence-corrected chi connectivity index (χ0v) is 23.6. The fraction of sp³-hybridized carbons (Fsp3) is 0.143. The van der Waals surface area contributed by atoms with Gasteiger partial charge >= 0.3 is 0 Å². The smallest absolute Gasteiger partial charge is 0.217 e. The first kappa shape index (κ1) is 24.3. The largest absolute Gasteiger partial charge is 0.471 e. The van der Waals surface area contributed by atoms with Crippen molar-refractivity contribution in [2.45, 2.75) is 42.2 Å². The lowest BCUT2D eigenvalue weighted by Crippen LogP contribution is -2.16. The van der Waals surface area contributed by atoms with Gasteiger partial charge in [-0.05, 0) is 90.7 Å². The van der Waals surface area contributed by atoms with Crippen molar-refractivity contribution in [3.63, 3.8) is 0 Å². The van der Waals surface area contributed by atoms with Crippen LogP contribution < -0.4 is 9.64 Å². The molecule has 0 N–H and O–H groups in total. The molecule has 41 heavy (non-hydrogen) atoms. The van der Waals surface area contributed by atoms with Crippen molar-refractivity contribution in [2.24, 2.45) is 4.99 Å². The van der Waals surface area contributed by atoms with Crippen LogP contribution in [0.5, 0.6) is 11.5 Å². The third kappa shape index (κ3) is 4.26. The number of fused-ring (bicyclic) bond motifs is 5. The molecule has 0 saturated heterocycles. The number of anilines is 3. The maximum atomic E-state index is 6.54. The third-order valence-electron chi connectivity index (χ3n) is 7.78. The molecule has 0 radical (unpaired) electrons. The van der Waals surface area contributed by atoms with E-state index in [4.69, 9.17) is 19.5 Å². The van der Waals surface area contributed by atoms with Gasteiger partial charge in [0.1, 0.15) is 23.6 Å². The SMILES string of the molecule is Cc1cc(Oc2cc(C)cc(N3c4ccccc4Sc4cccnc43)c2)cc(C2=N[C@@H]3c4ccccc4C[C@@H]3O2)c1. The molecule has 8 rings (SSSR count). The number of ether oxygens (including phenoxy) is 2. The topological polar surface area (TPSA) is 47.0 Å². The number of rotatable bonds is 4. The Kier molecular flexibility index (Phi) is 5.64. The summed E-state index contributed by atoms with van der Waals surface area (Å²) in [5.41, 5.74) is 7.87. The standard InChI is InChI=1S/C35H27N3O2S/c1-21-14-24(35-37-33-28-9-4-3-8-23(28)19-30(33)40-35)18-26(16-21)39-27-17-22(2)15-25(20-27)38-29-10-5-6-11-31(29)41-32-12-7-13-36-34(32)38/h3-18,20,30,33H,19H2,1-2H3/t30-,33+/m0/s1. The Hall–Kier alpha value is -4.55. The summed E-state index contributed by atoms with van der Waals surface area (Å²) in [6.07, 6.45) is 2.81. The fourth-order valence-electron chi connectivity index (χ4n) is 6.07. The summed E-state index contributed by atoms with van der Waals surface area (Å²) in [7, 11) is 0. The molecule has 0 unspecified atom stereocenters. The molecule has 3 aliphatic rings. The highest BCUT2D eigenvalue weighted by molar-refractivity contribution is 7.99. The summed E-state index contributed by atoms with van der Waals surface area (Å²) in [4.78, 5) is 14.3. The molecule has 3 heterocycles. The average molecular weight is 554 g/mol. The molecule has 2 atom stereocenters. The predicted molar refractivity (Wildman–Crippen MR) is 163 cm³/mol. The van der Waals surface area contributed by atoms with Crippen LogP contribution in [0.4, 0.5) is 17.2 Å². The quantitative estimate of drug-likeness (QED) is 0.218. The van der Waals surface area contributed by atoms with Gasteiger partial charge in [0.2, 0.25) is 5.90 Å². The Bertz CT molecular complexity index is 1820. The molecule has 200 valence electrons. The highest BCUT2D eigenvalue weighted by Crippen LogP contribution is 2.51. The van der Waals surface area contributed by atoms with Crippen molar-refractivity contribution in [1.29, 1.82) is 0 Å². The monoisotopic (exact) mass is 553 g/mol. The number of hydrogen-bond acceptors (Lipinski definition) is 6. The second kappa shape index (κ2) is 9.53. The second-order valence-electron chi connectivity index (χ2n) is 10.8. The van der Waals surface area contributed by atoms with E-state index in [0.717, 1.165) is 56.7 Å². The first-order valence-corrected chi connectivity index (χ1v) is 14.7. The zero-order chi connectivity index (χ0) is 27.5. The minimum atomic E-state index is 0.0625. The Balaban J connectivity index is 1.13. The van der Waals surface area contributed by atoms with Gasteiger partial charge in [0.05, 0.1) is 16.3 Å². The molecule has 0 fully saturated rings. The number of aromatic nitrogens is 1. The second-order valence-corrected chi connectivity index (χ2v) is 11.9. The van der Waals surface area contributed by atoms with E-state index in [1.54, 1.807) is 11.8 Å². The maximum Gasteiger partial charge on any atom is 0.217 e. The Labute approximate surface area is 243 Å². The van der Waals surface area contributed by atoms with Gasteiger partial charge < -0.3 is 9.47 Å². The number of para-hydroxylation sites is 1. The Morgan fingerprint density at radius 1 is 0.829 bits per heavy atom. The minimum Gasteiger partial charge on any atom is -0.471 e. The van der Waals surface area contributed by atoms with E-state index in [1.165, 1.54) is 16.0 Å². The first-order valence-electron chi connectivity index (χ1n) is 13.8. The van der Waals surface area contributed by atoms with Gasteiger partial charge in [-0.1, -0.05) is 48.2 Å². The highest BCUT2D eigenvalue weighted by Gasteiger charge is 2.39. The lowest BCUT2D eigenvalue weighted by atomic mass is 10.1. The van der Waals surface area contributed by atoms with Gasteiger partial charge in [0.25, 0.3) is 0 Å². The van der Waals surface area contributed by atoms with Crippen LogP contribution in [0, 0.1) is 13.8 Å². The number of aryl methyl sites for hydroxylation is 2. The molecular weight excluding hydrogens is 526 g/mol. The van der Waals surface area contributed by atoms with Crippen LogP contribution in [-0.2, 0) is 11.2 Å². The molecule has 5 nitrogen and oxygen atoms in total. The normalized spacial score (nSPS) is 18.1. The third-order valence-corrected chi connectivity index (χ3v) is 8.89. The maximum absolute atomic E-state index is 6.54. The van der Waals surface area contributed by atoms with E-state index in [0.29, 0.717) is 5.90 Å². The van der Waals surface area contributed by atoms with E-state index in [-0.39, 0.29) is 12.1 Å². The summed E-state index contributed by atoms with van der Waals surface area (Å²) < 4.78 is 12.9. The van der Waals surface area contributed by atoms with Gasteiger partial charge in [0.15, 0.2) is 5.82 Å². The molecule has 0 spiro atoms. The predicted octanol–water partition coefficient (Wildman–Crippen LogP) is 8.87. The van der Waals surface area contributed by atoms with Crippen molar-refractivity contribution in [1.82, 2.24) is 4.98 Å². The molecular formula is C35H27N3O2S. The first-order chi connectivity index (χ1) is 20.1. The lowest BCUT2D eigenvalue weighted by molar-refractivity contribution is 0.206. The number of hydrogen-bond donors (Lipinski definition) is 0. The van der Waals surface area contributed by atoms with Crippen LogP contribution in [0.1, 0.15) is 33.9 Å². The molecule has 6 heteroatoms. The molecule has 0 saturated carbocycles. The number of pyridine rings is 1. The zero-order valence-electron chi connectivity index (χ0n) is 22.7. The number of benzene rings is 4. The minimum absolute atomic E-state index is 0.0625. The molecule has 0 bridgehead atoms.